The molecule has 0 amide bonds. The van der Waals surface area contributed by atoms with Crippen LogP contribution in [0.4, 0.5) is 8.78 Å². The molecule has 4 atom stereocenters. The van der Waals surface area contributed by atoms with Crippen molar-refractivity contribution in [3.8, 4) is 0 Å². The van der Waals surface area contributed by atoms with Gasteiger partial charge >= 0.3 is 0 Å². The quantitative estimate of drug-likeness (QED) is 0.145. The number of alkyl halides is 3. The molecule has 282 valence electrons. The van der Waals surface area contributed by atoms with Crippen molar-refractivity contribution in [3.05, 3.63) is 108 Å². The van der Waals surface area contributed by atoms with Crippen molar-refractivity contribution in [1.29, 1.82) is 0 Å². The molecule has 2 unspecified atom stereocenters. The predicted octanol–water partition coefficient (Wildman–Crippen LogP) is 12.2. The molecule has 2 aliphatic rings. The molecule has 0 radical (unpaired) electrons. The smallest absolute Gasteiger partial charge is 0.192 e. The van der Waals surface area contributed by atoms with E-state index >= 15 is 0 Å². The van der Waals surface area contributed by atoms with Crippen LogP contribution in [-0.2, 0) is 13.4 Å². The van der Waals surface area contributed by atoms with Gasteiger partial charge in [-0.3, -0.25) is 0 Å². The van der Waals surface area contributed by atoms with Crippen LogP contribution in [0.5, 0.6) is 0 Å². The number of benzene rings is 2. The highest BCUT2D eigenvalue weighted by atomic mass is 35.5. The number of halogens is 3. The first-order valence-electron chi connectivity index (χ1n) is 18.2. The first kappa shape index (κ1) is 43.5. The van der Waals surface area contributed by atoms with E-state index in [9.17, 15) is 13.3 Å². The van der Waals surface area contributed by atoms with Gasteiger partial charge in [-0.2, -0.15) is 0 Å². The molecule has 0 heterocycles. The molecule has 0 spiro atoms. The highest BCUT2D eigenvalue weighted by Crippen LogP contribution is 2.46. The van der Waals surface area contributed by atoms with Crippen LogP contribution < -0.4 is 10.6 Å². The van der Waals surface area contributed by atoms with Crippen molar-refractivity contribution in [1.82, 2.24) is 0 Å². The molecule has 0 bridgehead atoms. The lowest BCUT2D eigenvalue weighted by molar-refractivity contribution is 0.131. The van der Waals surface area contributed by atoms with E-state index in [0.29, 0.717) is 42.5 Å². The average molecular weight is 776 g/mol. The highest BCUT2D eigenvalue weighted by Gasteiger charge is 2.42. The minimum Gasteiger partial charge on any atom is -0.413 e. The average Bonchev–Trinajstić information content (AvgIpc) is 3.04. The van der Waals surface area contributed by atoms with E-state index in [-0.39, 0.29) is 22.3 Å². The van der Waals surface area contributed by atoms with Gasteiger partial charge in [0, 0.05) is 35.5 Å². The van der Waals surface area contributed by atoms with E-state index in [1.165, 1.54) is 0 Å². The molecule has 0 N–H and O–H groups in total. The Bertz CT molecular complexity index is 1550. The van der Waals surface area contributed by atoms with Crippen LogP contribution in [0.25, 0.3) is 0 Å². The molecule has 2 aliphatic carbocycles. The van der Waals surface area contributed by atoms with Gasteiger partial charge in [-0.1, -0.05) is 128 Å². The van der Waals surface area contributed by atoms with E-state index in [4.69, 9.17) is 20.5 Å². The summed E-state index contributed by atoms with van der Waals surface area (Å²) in [5.74, 6) is 0.397. The minimum atomic E-state index is -2.90. The zero-order chi connectivity index (χ0) is 38.4. The Kier molecular flexibility index (Phi) is 15.0. The number of hydrogen-bond donors (Lipinski definition) is 0. The van der Waals surface area contributed by atoms with Gasteiger partial charge in [0.2, 0.25) is 0 Å². The Morgan fingerprint density at radius 1 is 0.725 bits per heavy atom. The molecule has 9 heteroatoms. The number of rotatable bonds is 9. The summed E-state index contributed by atoms with van der Waals surface area (Å²) >= 11 is 5.73. The van der Waals surface area contributed by atoms with E-state index in [1.54, 1.807) is 0 Å². The summed E-state index contributed by atoms with van der Waals surface area (Å²) in [6.07, 6.45) is 3.93. The fourth-order valence-corrected chi connectivity index (χ4v) is 11.3. The lowest BCUT2D eigenvalue weighted by Crippen LogP contribution is -2.45. The van der Waals surface area contributed by atoms with Crippen molar-refractivity contribution in [2.45, 2.75) is 128 Å². The Morgan fingerprint density at radius 2 is 1.08 bits per heavy atom. The van der Waals surface area contributed by atoms with Gasteiger partial charge in [0.1, 0.15) is 19.5 Å². The third kappa shape index (κ3) is 11.3. The van der Waals surface area contributed by atoms with Gasteiger partial charge in [0.25, 0.3) is 0 Å². The first-order valence-corrected chi connectivity index (χ1v) is 26.4. The van der Waals surface area contributed by atoms with Gasteiger partial charge in [-0.05, 0) is 71.4 Å². The van der Waals surface area contributed by atoms with Gasteiger partial charge in [0.15, 0.2) is 16.6 Å². The summed E-state index contributed by atoms with van der Waals surface area (Å²) < 4.78 is 56.1. The summed E-state index contributed by atoms with van der Waals surface area (Å²) in [7, 11) is -6.77. The molecule has 51 heavy (non-hydrogen) atoms. The maximum absolute atomic E-state index is 14.9. The van der Waals surface area contributed by atoms with Gasteiger partial charge in [-0.15, -0.1) is 11.6 Å². The lowest BCUT2D eigenvalue weighted by Gasteiger charge is -2.41. The van der Waals surface area contributed by atoms with Crippen molar-refractivity contribution < 1.29 is 22.2 Å². The molecule has 2 aromatic rings. The minimum absolute atomic E-state index is 0.0455. The van der Waals surface area contributed by atoms with Crippen LogP contribution in [0, 0.1) is 0 Å². The largest absolute Gasteiger partial charge is 0.413 e. The van der Waals surface area contributed by atoms with Crippen molar-refractivity contribution >= 4 is 46.0 Å². The van der Waals surface area contributed by atoms with Crippen LogP contribution >= 0.6 is 18.7 Å². The van der Waals surface area contributed by atoms with Crippen molar-refractivity contribution in [2.75, 3.05) is 12.0 Å². The van der Waals surface area contributed by atoms with Crippen LogP contribution in [0.15, 0.2) is 108 Å². The molecule has 3 nitrogen and oxygen atoms in total. The molecule has 4 rings (SSSR count). The van der Waals surface area contributed by atoms with E-state index in [0.717, 1.165) is 28.2 Å². The Labute approximate surface area is 315 Å². The van der Waals surface area contributed by atoms with E-state index < -0.39 is 36.1 Å². The van der Waals surface area contributed by atoms with Gasteiger partial charge < -0.3 is 13.4 Å². The molecule has 0 aromatic heterocycles. The van der Waals surface area contributed by atoms with Gasteiger partial charge in [-0.25, -0.2) is 8.78 Å². The normalized spacial score (nSPS) is 24.0. The molecular formula is C42H62ClF2O3PSi2. The van der Waals surface area contributed by atoms with Crippen molar-refractivity contribution in [2.24, 2.45) is 0 Å². The maximum Gasteiger partial charge on any atom is 0.192 e. The SMILES string of the molecule is C=C1/C(=C\CCl)CC(O[Si](C)(C)C(C)(C)C)C[C@@H]1F.C=C1/C(=C\CP(=O)(c2ccccc2)c2ccccc2)CC(O[Si](C)(C)C(C)(C)C)C[C@@H]1F. The molecule has 2 aromatic carbocycles. The number of hydrogen-bond acceptors (Lipinski definition) is 3. The highest BCUT2D eigenvalue weighted by molar-refractivity contribution is 7.78. The lowest BCUT2D eigenvalue weighted by atomic mass is 9.87. The summed E-state index contributed by atoms with van der Waals surface area (Å²) in [6.45, 7) is 29.8. The zero-order valence-electron chi connectivity index (χ0n) is 32.7. The summed E-state index contributed by atoms with van der Waals surface area (Å²) in [6, 6.07) is 19.2. The number of allylic oxidation sites excluding steroid dienone is 4. The van der Waals surface area contributed by atoms with E-state index in [2.05, 4.69) is 80.9 Å². The second-order valence-corrected chi connectivity index (χ2v) is 29.8. The topological polar surface area (TPSA) is 35.5 Å². The molecule has 2 fully saturated rings. The van der Waals surface area contributed by atoms with Crippen LogP contribution in [-0.4, -0.2) is 53.2 Å². The van der Waals surface area contributed by atoms with Gasteiger partial charge in [0.05, 0.1) is 12.2 Å². The summed E-state index contributed by atoms with van der Waals surface area (Å²) in [4.78, 5) is 0. The second kappa shape index (κ2) is 17.5. The Hall–Kier alpha value is -1.87. The molecule has 0 saturated heterocycles. The monoisotopic (exact) mass is 774 g/mol. The Morgan fingerprint density at radius 3 is 1.41 bits per heavy atom. The summed E-state index contributed by atoms with van der Waals surface area (Å²) in [5.41, 5.74) is 2.86. The van der Waals surface area contributed by atoms with Crippen LogP contribution in [0.1, 0.15) is 67.2 Å². The zero-order valence-corrected chi connectivity index (χ0v) is 36.4. The predicted molar refractivity (Wildman–Crippen MR) is 222 cm³/mol. The standard InChI is InChI=1S/C27H36FO2PSi.C15H26ClFOSi/c1-21-22(19-23(20-26(21)28)30-32(5,6)27(2,3)4)17-18-31(29,24-13-9-7-10-14-24)25-15-11-8-12-16-25;1-11-12(7-8-16)9-13(10-14(11)17)18-19(5,6)15(2,3)4/h7-17,23,26H,1,18-20H2,2-6H3;7,13-14H,1,8-10H2,2-6H3/b22-17-;12-7-/t23?,26-;13?,14-/m00/s1. The first-order chi connectivity index (χ1) is 23.5. The third-order valence-corrected chi connectivity index (χ3v) is 23.4. The second-order valence-electron chi connectivity index (χ2n) is 17.1. The fourth-order valence-electron chi connectivity index (χ4n) is 5.89. The van der Waals surface area contributed by atoms with Crippen LogP contribution in [0.3, 0.4) is 0 Å². The molecule has 0 aliphatic heterocycles. The molecular weight excluding hydrogens is 713 g/mol. The van der Waals surface area contributed by atoms with Crippen molar-refractivity contribution in [3.63, 3.8) is 0 Å². The summed E-state index contributed by atoms with van der Waals surface area (Å²) in [5, 5.41) is 1.84. The van der Waals surface area contributed by atoms with E-state index in [1.807, 2.05) is 72.8 Å². The molecule has 2 saturated carbocycles. The van der Waals surface area contributed by atoms with Crippen LogP contribution in [0.2, 0.25) is 36.3 Å². The maximum atomic E-state index is 14.9. The fraction of sp³-hybridized carbons (Fsp3) is 0.524. The third-order valence-electron chi connectivity index (χ3n) is 11.2. The Balaban J connectivity index is 0.000000316.